The number of aromatic nitrogens is 2. The Labute approximate surface area is 338 Å². The predicted molar refractivity (Wildman–Crippen MR) is 246 cm³/mol. The van der Waals surface area contributed by atoms with Crippen molar-refractivity contribution in [3.8, 4) is 50.2 Å². The molecule has 11 rings (SSSR count). The lowest BCUT2D eigenvalue weighted by Crippen LogP contribution is -1.98. The maximum Gasteiger partial charge on any atom is 0.0571 e. The summed E-state index contributed by atoms with van der Waals surface area (Å²) in [6.45, 7) is 2.32. The number of benzene rings is 8. The molecule has 0 bridgehead atoms. The molecule has 0 aliphatic heterocycles. The van der Waals surface area contributed by atoms with Crippen molar-refractivity contribution >= 4 is 48.9 Å². The van der Waals surface area contributed by atoms with Crippen LogP contribution in [0.2, 0.25) is 0 Å². The van der Waals surface area contributed by atoms with Crippen molar-refractivity contribution in [1.29, 1.82) is 0 Å². The van der Waals surface area contributed by atoms with Gasteiger partial charge < -0.3 is 4.57 Å². The average Bonchev–Trinajstić information content (AvgIpc) is 3.62. The summed E-state index contributed by atoms with van der Waals surface area (Å²) in [5.74, 6) is 0.492. The van der Waals surface area contributed by atoms with Gasteiger partial charge in [0.05, 0.1) is 11.0 Å². The van der Waals surface area contributed by atoms with E-state index < -0.39 is 0 Å². The highest BCUT2D eigenvalue weighted by Crippen LogP contribution is 2.45. The summed E-state index contributed by atoms with van der Waals surface area (Å²) in [6, 6.07) is 64.5. The number of allylic oxidation sites excluding steroid dienone is 4. The maximum atomic E-state index is 4.52. The van der Waals surface area contributed by atoms with Crippen molar-refractivity contribution < 1.29 is 0 Å². The standard InChI is InChI=1S/C56H40N2/c1-37-13-10-20-45(31-37)56-48-24-9-8-23-47(48)55(38-14-4-2-5-15-38)49-27-25-43(35-51(49)56)41-18-11-16-39(32-41)40-17-12-19-42(33-40)44-26-28-53-50(34-44)52-36-57-30-29-54(52)58(53)46-21-6-3-7-22-46/h2-12,14-37H,13H2,1H3. The molecule has 0 saturated heterocycles. The van der Waals surface area contributed by atoms with Crippen molar-refractivity contribution in [1.82, 2.24) is 9.55 Å². The first-order valence-electron chi connectivity index (χ1n) is 20.3. The summed E-state index contributed by atoms with van der Waals surface area (Å²) in [7, 11) is 0. The molecule has 0 fully saturated rings. The summed E-state index contributed by atoms with van der Waals surface area (Å²) in [6.07, 6.45) is 12.1. The number of pyridine rings is 1. The highest BCUT2D eigenvalue weighted by atomic mass is 15.0. The van der Waals surface area contributed by atoms with Gasteiger partial charge in [-0.1, -0.05) is 153 Å². The van der Waals surface area contributed by atoms with Gasteiger partial charge in [-0.15, -0.1) is 0 Å². The lowest BCUT2D eigenvalue weighted by molar-refractivity contribution is 0.740. The molecule has 1 atom stereocenters. The fourth-order valence-electron chi connectivity index (χ4n) is 9.25. The largest absolute Gasteiger partial charge is 0.309 e. The summed E-state index contributed by atoms with van der Waals surface area (Å²) in [5, 5.41) is 7.49. The summed E-state index contributed by atoms with van der Waals surface area (Å²) in [5.41, 5.74) is 15.8. The number of hydrogen-bond acceptors (Lipinski definition) is 1. The first-order valence-corrected chi connectivity index (χ1v) is 20.3. The zero-order chi connectivity index (χ0) is 38.6. The Morgan fingerprint density at radius 3 is 1.69 bits per heavy atom. The predicted octanol–water partition coefficient (Wildman–Crippen LogP) is 15.1. The fourth-order valence-corrected chi connectivity index (χ4v) is 9.25. The molecule has 1 unspecified atom stereocenters. The maximum absolute atomic E-state index is 4.52. The monoisotopic (exact) mass is 740 g/mol. The summed E-state index contributed by atoms with van der Waals surface area (Å²) >= 11 is 0. The third-order valence-electron chi connectivity index (χ3n) is 12.0. The van der Waals surface area contributed by atoms with E-state index in [0.29, 0.717) is 5.92 Å². The molecule has 2 nitrogen and oxygen atoms in total. The molecule has 1 aliphatic rings. The number of nitrogens with zero attached hydrogens (tertiary/aromatic N) is 2. The normalized spacial score (nSPS) is 14.1. The third-order valence-corrected chi connectivity index (χ3v) is 12.0. The van der Waals surface area contributed by atoms with Crippen LogP contribution >= 0.6 is 0 Å². The highest BCUT2D eigenvalue weighted by molar-refractivity contribution is 6.20. The minimum atomic E-state index is 0.492. The molecule has 0 saturated carbocycles. The van der Waals surface area contributed by atoms with E-state index in [1.807, 2.05) is 12.4 Å². The Morgan fingerprint density at radius 1 is 0.448 bits per heavy atom. The van der Waals surface area contributed by atoms with E-state index in [-0.39, 0.29) is 0 Å². The average molecular weight is 741 g/mol. The number of rotatable bonds is 6. The van der Waals surface area contributed by atoms with Gasteiger partial charge in [0.25, 0.3) is 0 Å². The zero-order valence-corrected chi connectivity index (χ0v) is 32.3. The van der Waals surface area contributed by atoms with Gasteiger partial charge in [-0.2, -0.15) is 0 Å². The third kappa shape index (κ3) is 5.76. The number of hydrogen-bond donors (Lipinski definition) is 0. The molecular formula is C56H40N2. The molecule has 10 aromatic rings. The van der Waals surface area contributed by atoms with Crippen LogP contribution in [0, 0.1) is 5.92 Å². The van der Waals surface area contributed by atoms with Crippen molar-refractivity contribution in [3.05, 3.63) is 212 Å². The molecule has 2 heteroatoms. The van der Waals surface area contributed by atoms with Crippen LogP contribution in [0.15, 0.2) is 207 Å². The number of fused-ring (bicyclic) bond motifs is 5. The Morgan fingerprint density at radius 2 is 1.00 bits per heavy atom. The highest BCUT2D eigenvalue weighted by Gasteiger charge is 2.20. The van der Waals surface area contributed by atoms with E-state index in [1.165, 1.54) is 88.1 Å². The van der Waals surface area contributed by atoms with Crippen molar-refractivity contribution in [2.75, 3.05) is 0 Å². The van der Waals surface area contributed by atoms with Gasteiger partial charge in [0.15, 0.2) is 0 Å². The van der Waals surface area contributed by atoms with Crippen LogP contribution < -0.4 is 0 Å². The second-order valence-electron chi connectivity index (χ2n) is 15.6. The molecule has 8 aromatic carbocycles. The van der Waals surface area contributed by atoms with Crippen LogP contribution in [0.5, 0.6) is 0 Å². The van der Waals surface area contributed by atoms with Gasteiger partial charge in [-0.05, 0) is 138 Å². The Kier molecular flexibility index (Phi) is 8.22. The summed E-state index contributed by atoms with van der Waals surface area (Å²) < 4.78 is 2.34. The Bertz CT molecular complexity index is 3260. The molecule has 1 aliphatic carbocycles. The van der Waals surface area contributed by atoms with E-state index in [4.69, 9.17) is 0 Å². The molecule has 2 aromatic heterocycles. The first-order chi connectivity index (χ1) is 28.7. The topological polar surface area (TPSA) is 17.8 Å². The van der Waals surface area contributed by atoms with E-state index in [9.17, 15) is 0 Å². The molecule has 0 amide bonds. The first kappa shape index (κ1) is 34.0. The Hall–Kier alpha value is -7.29. The second kappa shape index (κ2) is 14.0. The smallest absolute Gasteiger partial charge is 0.0571 e. The van der Waals surface area contributed by atoms with Gasteiger partial charge in [0.2, 0.25) is 0 Å². The lowest BCUT2D eigenvalue weighted by atomic mass is 9.82. The van der Waals surface area contributed by atoms with Gasteiger partial charge in [0, 0.05) is 28.9 Å². The molecule has 58 heavy (non-hydrogen) atoms. The van der Waals surface area contributed by atoms with Gasteiger partial charge in [-0.3, -0.25) is 4.98 Å². The van der Waals surface area contributed by atoms with E-state index in [0.717, 1.165) is 23.0 Å². The van der Waals surface area contributed by atoms with Crippen molar-refractivity contribution in [2.45, 2.75) is 13.3 Å². The van der Waals surface area contributed by atoms with Crippen LogP contribution in [0.3, 0.4) is 0 Å². The molecule has 2 heterocycles. The summed E-state index contributed by atoms with van der Waals surface area (Å²) in [4.78, 5) is 4.52. The van der Waals surface area contributed by atoms with Crippen LogP contribution in [0.1, 0.15) is 18.9 Å². The lowest BCUT2D eigenvalue weighted by Gasteiger charge is -2.21. The van der Waals surface area contributed by atoms with Gasteiger partial charge in [0.1, 0.15) is 0 Å². The van der Waals surface area contributed by atoms with E-state index >= 15 is 0 Å². The minimum Gasteiger partial charge on any atom is -0.309 e. The number of para-hydroxylation sites is 1. The Balaban J connectivity index is 1.03. The van der Waals surface area contributed by atoms with Crippen molar-refractivity contribution in [3.63, 3.8) is 0 Å². The van der Waals surface area contributed by atoms with E-state index in [1.54, 1.807) is 0 Å². The SMILES string of the molecule is CC1C=C(c2c3ccccc3c(-c3ccccc3)c3ccc(-c4cccc(-c5cccc(-c6ccc7c(c6)c6cnccc6n7-c6ccccc6)c5)c4)cc23)C=CC1. The van der Waals surface area contributed by atoms with Gasteiger partial charge in [-0.25, -0.2) is 0 Å². The fraction of sp³-hybridized carbons (Fsp3) is 0.0536. The van der Waals surface area contributed by atoms with Crippen LogP contribution in [0.25, 0.3) is 99.1 Å². The minimum absolute atomic E-state index is 0.492. The molecule has 0 radical (unpaired) electrons. The van der Waals surface area contributed by atoms with Crippen LogP contribution in [0.4, 0.5) is 0 Å². The second-order valence-corrected chi connectivity index (χ2v) is 15.6. The molecule has 274 valence electrons. The molecule has 0 N–H and O–H groups in total. The van der Waals surface area contributed by atoms with Gasteiger partial charge >= 0.3 is 0 Å². The molecular weight excluding hydrogens is 701 g/mol. The zero-order valence-electron chi connectivity index (χ0n) is 32.3. The molecule has 0 spiro atoms. The van der Waals surface area contributed by atoms with Crippen LogP contribution in [-0.2, 0) is 0 Å². The quantitative estimate of drug-likeness (QED) is 0.155. The van der Waals surface area contributed by atoms with Crippen molar-refractivity contribution in [2.24, 2.45) is 5.92 Å². The van der Waals surface area contributed by atoms with Crippen LogP contribution in [-0.4, -0.2) is 9.55 Å². The van der Waals surface area contributed by atoms with E-state index in [2.05, 4.69) is 211 Å².